The fourth-order valence-electron chi connectivity index (χ4n) is 5.13. The minimum atomic E-state index is -0.508. The second-order valence-electron chi connectivity index (χ2n) is 9.70. The number of ketones is 1. The van der Waals surface area contributed by atoms with E-state index in [-0.39, 0.29) is 17.5 Å². The van der Waals surface area contributed by atoms with Crippen LogP contribution in [0.4, 0.5) is 10.2 Å². The fourth-order valence-corrected chi connectivity index (χ4v) is 5.13. The van der Waals surface area contributed by atoms with Gasteiger partial charge in [0, 0.05) is 56.3 Å². The Morgan fingerprint density at radius 2 is 2.11 bits per heavy atom. The number of aliphatic hydroxyl groups excluding tert-OH is 1. The summed E-state index contributed by atoms with van der Waals surface area (Å²) in [5.41, 5.74) is 2.03. The van der Waals surface area contributed by atoms with Crippen molar-refractivity contribution >= 4 is 22.6 Å². The molecular weight excluding hydrogens is 473 g/mol. The van der Waals surface area contributed by atoms with Gasteiger partial charge in [0.15, 0.2) is 0 Å². The number of aromatic nitrogens is 5. The molecule has 0 spiro atoms. The van der Waals surface area contributed by atoms with Crippen LogP contribution in [-0.2, 0) is 17.9 Å². The Labute approximate surface area is 215 Å². The highest BCUT2D eigenvalue weighted by Gasteiger charge is 2.29. The second-order valence-corrected chi connectivity index (χ2v) is 9.70. The number of halogens is 1. The summed E-state index contributed by atoms with van der Waals surface area (Å²) >= 11 is 0. The van der Waals surface area contributed by atoms with Gasteiger partial charge < -0.3 is 14.6 Å². The average Bonchev–Trinajstić information content (AvgIpc) is 3.55. The van der Waals surface area contributed by atoms with Crippen LogP contribution in [0.2, 0.25) is 0 Å². The Hall–Kier alpha value is -3.63. The van der Waals surface area contributed by atoms with Crippen LogP contribution >= 0.6 is 0 Å². The van der Waals surface area contributed by atoms with Crippen LogP contribution in [0.1, 0.15) is 25.8 Å². The average molecular weight is 506 g/mol. The molecule has 4 heterocycles. The Kier molecular flexibility index (Phi) is 7.29. The van der Waals surface area contributed by atoms with Gasteiger partial charge in [-0.1, -0.05) is 6.07 Å². The van der Waals surface area contributed by atoms with Crippen LogP contribution in [0.3, 0.4) is 0 Å². The zero-order chi connectivity index (χ0) is 25.9. The molecule has 1 aliphatic heterocycles. The maximum absolute atomic E-state index is 15.0. The van der Waals surface area contributed by atoms with E-state index in [9.17, 15) is 9.90 Å². The number of benzene rings is 1. The maximum Gasteiger partial charge on any atom is 0.145 e. The maximum atomic E-state index is 15.0. The number of Topliss-reactive ketones (excluding diaryl/α,β-unsaturated/α-hetero) is 1. The topological polar surface area (TPSA) is 92.3 Å². The van der Waals surface area contributed by atoms with Gasteiger partial charge in [-0.05, 0) is 51.1 Å². The van der Waals surface area contributed by atoms with E-state index in [0.717, 1.165) is 29.8 Å². The first-order chi connectivity index (χ1) is 17.9. The highest BCUT2D eigenvalue weighted by atomic mass is 19.1. The number of anilines is 1. The molecular formula is C27H32FN7O2. The molecule has 0 radical (unpaired) electrons. The zero-order valence-corrected chi connectivity index (χ0v) is 21.2. The van der Waals surface area contributed by atoms with Crippen LogP contribution in [0, 0.1) is 11.7 Å². The van der Waals surface area contributed by atoms with E-state index < -0.39 is 6.10 Å². The first-order valence-electron chi connectivity index (χ1n) is 12.7. The molecule has 2 unspecified atom stereocenters. The molecule has 9 nitrogen and oxygen atoms in total. The molecule has 5 rings (SSSR count). The second kappa shape index (κ2) is 10.8. The first kappa shape index (κ1) is 25.0. The molecule has 2 atom stereocenters. The minimum Gasteiger partial charge on any atom is -0.391 e. The Morgan fingerprint density at radius 3 is 2.81 bits per heavy atom. The molecule has 1 saturated heterocycles. The van der Waals surface area contributed by atoms with Gasteiger partial charge in [0.2, 0.25) is 0 Å². The van der Waals surface area contributed by atoms with Crippen LogP contribution in [0.5, 0.6) is 0 Å². The molecule has 194 valence electrons. The molecule has 1 N–H and O–H groups in total. The van der Waals surface area contributed by atoms with Gasteiger partial charge in [-0.2, -0.15) is 5.10 Å². The van der Waals surface area contributed by atoms with Crippen molar-refractivity contribution in [2.24, 2.45) is 5.92 Å². The van der Waals surface area contributed by atoms with Gasteiger partial charge >= 0.3 is 0 Å². The van der Waals surface area contributed by atoms with E-state index in [2.05, 4.69) is 19.6 Å². The van der Waals surface area contributed by atoms with E-state index >= 15 is 4.39 Å². The number of carbonyl (C=O) groups is 1. The summed E-state index contributed by atoms with van der Waals surface area (Å²) < 4.78 is 18.7. The summed E-state index contributed by atoms with van der Waals surface area (Å²) in [6.07, 6.45) is 7.26. The van der Waals surface area contributed by atoms with Gasteiger partial charge in [0.05, 0.1) is 23.7 Å². The lowest BCUT2D eigenvalue weighted by Crippen LogP contribution is -2.46. The number of nitrogens with zero attached hydrogens (tertiary/aromatic N) is 7. The van der Waals surface area contributed by atoms with Gasteiger partial charge in [-0.15, -0.1) is 0 Å². The Balaban J connectivity index is 1.33. The molecule has 1 aliphatic rings. The number of carbonyl (C=O) groups excluding carboxylic acids is 1. The molecule has 10 heteroatoms. The third-order valence-corrected chi connectivity index (χ3v) is 7.07. The molecule has 0 bridgehead atoms. The van der Waals surface area contributed by atoms with Gasteiger partial charge in [0.1, 0.15) is 29.4 Å². The fraction of sp³-hybridized carbons (Fsp3) is 0.407. The van der Waals surface area contributed by atoms with E-state index in [1.807, 2.05) is 35.1 Å². The molecule has 1 fully saturated rings. The number of β-amino-alcohol motifs (C(OH)–C–C–N with tert-alkyl or cyclic N) is 1. The van der Waals surface area contributed by atoms with E-state index in [1.54, 1.807) is 42.5 Å². The van der Waals surface area contributed by atoms with Crippen LogP contribution in [-0.4, -0.2) is 72.4 Å². The third-order valence-electron chi connectivity index (χ3n) is 7.07. The number of likely N-dealkylation sites (tertiary alicyclic amines) is 1. The molecule has 0 amide bonds. The van der Waals surface area contributed by atoms with E-state index in [1.165, 1.54) is 6.07 Å². The molecule has 0 saturated carbocycles. The summed E-state index contributed by atoms with van der Waals surface area (Å²) in [4.78, 5) is 24.6. The zero-order valence-electron chi connectivity index (χ0n) is 21.2. The van der Waals surface area contributed by atoms with Crippen molar-refractivity contribution in [1.82, 2.24) is 29.2 Å². The Bertz CT molecular complexity index is 1370. The number of piperidine rings is 1. The summed E-state index contributed by atoms with van der Waals surface area (Å²) in [5, 5.41) is 15.8. The molecule has 4 aromatic rings. The number of fused-ring (bicyclic) bond motifs is 1. The van der Waals surface area contributed by atoms with Crippen molar-refractivity contribution in [1.29, 1.82) is 0 Å². The van der Waals surface area contributed by atoms with Crippen molar-refractivity contribution in [3.8, 4) is 5.69 Å². The molecule has 0 aliphatic carbocycles. The van der Waals surface area contributed by atoms with Crippen molar-refractivity contribution < 1.29 is 14.3 Å². The smallest absolute Gasteiger partial charge is 0.145 e. The van der Waals surface area contributed by atoms with Crippen molar-refractivity contribution in [3.63, 3.8) is 0 Å². The van der Waals surface area contributed by atoms with Crippen molar-refractivity contribution in [3.05, 3.63) is 66.6 Å². The lowest BCUT2D eigenvalue weighted by molar-refractivity contribution is -0.119. The van der Waals surface area contributed by atoms with Crippen molar-refractivity contribution in [2.75, 3.05) is 31.1 Å². The largest absolute Gasteiger partial charge is 0.391 e. The van der Waals surface area contributed by atoms with Crippen LogP contribution in [0.25, 0.3) is 16.7 Å². The SMILES string of the molecule is CCN(Cc1ccc(-n2cccn2)cc1F)c1ncnc2c1ccn2CC1CCN(CC(C)=O)CC1O. The summed E-state index contributed by atoms with van der Waals surface area (Å²) in [6.45, 7) is 6.90. The monoisotopic (exact) mass is 505 g/mol. The van der Waals surface area contributed by atoms with Crippen molar-refractivity contribution in [2.45, 2.75) is 39.5 Å². The van der Waals surface area contributed by atoms with E-state index in [0.29, 0.717) is 44.0 Å². The lowest BCUT2D eigenvalue weighted by Gasteiger charge is -2.35. The lowest BCUT2D eigenvalue weighted by atomic mass is 9.93. The quantitative estimate of drug-likeness (QED) is 0.374. The number of rotatable bonds is 9. The van der Waals surface area contributed by atoms with Crippen LogP contribution < -0.4 is 4.90 Å². The van der Waals surface area contributed by atoms with Gasteiger partial charge in [-0.3, -0.25) is 9.69 Å². The van der Waals surface area contributed by atoms with Gasteiger partial charge in [-0.25, -0.2) is 19.0 Å². The normalized spacial score (nSPS) is 18.4. The van der Waals surface area contributed by atoms with Gasteiger partial charge in [0.25, 0.3) is 0 Å². The number of aliphatic hydroxyl groups is 1. The standard InChI is InChI=1S/C27H32FN7O2/c1-3-33(15-20-5-6-22(13-24(20)28)35-10-4-9-31-35)26-23-8-12-34(27(23)30-18-29-26)16-21-7-11-32(14-19(2)36)17-25(21)37/h4-6,8-10,12-13,18,21,25,37H,3,7,11,14-17H2,1-2H3. The minimum absolute atomic E-state index is 0.0712. The highest BCUT2D eigenvalue weighted by molar-refractivity contribution is 5.87. The predicted octanol–water partition coefficient (Wildman–Crippen LogP) is 3.05. The number of hydrogen-bond donors (Lipinski definition) is 1. The highest BCUT2D eigenvalue weighted by Crippen LogP contribution is 2.28. The Morgan fingerprint density at radius 1 is 1.24 bits per heavy atom. The first-order valence-corrected chi connectivity index (χ1v) is 12.7. The molecule has 1 aromatic carbocycles. The predicted molar refractivity (Wildman–Crippen MR) is 139 cm³/mol. The number of hydrogen-bond acceptors (Lipinski definition) is 7. The summed E-state index contributed by atoms with van der Waals surface area (Å²) in [5.74, 6) is 0.639. The summed E-state index contributed by atoms with van der Waals surface area (Å²) in [7, 11) is 0. The molecule has 37 heavy (non-hydrogen) atoms. The van der Waals surface area contributed by atoms with Crippen LogP contribution in [0.15, 0.2) is 55.2 Å². The summed E-state index contributed by atoms with van der Waals surface area (Å²) in [6, 6.07) is 8.93. The molecule has 3 aromatic heterocycles. The van der Waals surface area contributed by atoms with E-state index in [4.69, 9.17) is 0 Å². The third kappa shape index (κ3) is 5.40.